The van der Waals surface area contributed by atoms with E-state index >= 15 is 0 Å². The minimum absolute atomic E-state index is 0.172. The molecule has 0 aliphatic carbocycles. The van der Waals surface area contributed by atoms with Crippen LogP contribution in [-0.2, 0) is 11.3 Å². The summed E-state index contributed by atoms with van der Waals surface area (Å²) in [5.41, 5.74) is 3.77. The van der Waals surface area contributed by atoms with Crippen LogP contribution in [0.4, 0.5) is 4.39 Å². The van der Waals surface area contributed by atoms with Crippen LogP contribution >= 0.6 is 0 Å². The minimum atomic E-state index is -0.400. The SMILES string of the molecule is Cc1nn(-c2ccccc2)c(C)c1CNC(=O)COc1cccc(F)c1. The first-order valence-electron chi connectivity index (χ1n) is 8.30. The number of aromatic nitrogens is 2. The highest BCUT2D eigenvalue weighted by molar-refractivity contribution is 5.77. The summed E-state index contributed by atoms with van der Waals surface area (Å²) in [6.07, 6.45) is 0. The molecular formula is C20H20FN3O2. The van der Waals surface area contributed by atoms with Crippen LogP contribution in [0.3, 0.4) is 0 Å². The largest absolute Gasteiger partial charge is 0.484 e. The van der Waals surface area contributed by atoms with E-state index in [0.29, 0.717) is 12.3 Å². The van der Waals surface area contributed by atoms with Crippen molar-refractivity contribution >= 4 is 5.91 Å². The minimum Gasteiger partial charge on any atom is -0.484 e. The van der Waals surface area contributed by atoms with Gasteiger partial charge in [0.1, 0.15) is 11.6 Å². The first kappa shape index (κ1) is 17.7. The molecule has 1 aromatic heterocycles. The van der Waals surface area contributed by atoms with Gasteiger partial charge in [-0.2, -0.15) is 5.10 Å². The highest BCUT2D eigenvalue weighted by Gasteiger charge is 2.13. The molecule has 0 fully saturated rings. The van der Waals surface area contributed by atoms with E-state index < -0.39 is 5.82 Å². The molecule has 0 bridgehead atoms. The first-order valence-corrected chi connectivity index (χ1v) is 8.30. The van der Waals surface area contributed by atoms with E-state index in [9.17, 15) is 9.18 Å². The Morgan fingerprint density at radius 3 is 2.65 bits per heavy atom. The summed E-state index contributed by atoms with van der Waals surface area (Å²) < 4.78 is 20.3. The summed E-state index contributed by atoms with van der Waals surface area (Å²) in [5, 5.41) is 7.37. The molecule has 1 heterocycles. The smallest absolute Gasteiger partial charge is 0.258 e. The number of aryl methyl sites for hydroxylation is 1. The number of hydrogen-bond acceptors (Lipinski definition) is 3. The predicted octanol–water partition coefficient (Wildman–Crippen LogP) is 3.32. The Hall–Kier alpha value is -3.15. The molecule has 6 heteroatoms. The zero-order valence-electron chi connectivity index (χ0n) is 14.7. The fourth-order valence-corrected chi connectivity index (χ4v) is 2.70. The Kier molecular flexibility index (Phi) is 5.31. The number of para-hydroxylation sites is 1. The topological polar surface area (TPSA) is 56.2 Å². The van der Waals surface area contributed by atoms with Gasteiger partial charge in [-0.05, 0) is 38.1 Å². The van der Waals surface area contributed by atoms with E-state index in [-0.39, 0.29) is 12.5 Å². The number of amides is 1. The first-order chi connectivity index (χ1) is 12.5. The standard InChI is InChI=1S/C20H20FN3O2/c1-14-19(15(2)24(23-14)17-8-4-3-5-9-17)12-22-20(25)13-26-18-10-6-7-16(21)11-18/h3-11H,12-13H2,1-2H3,(H,22,25). The Morgan fingerprint density at radius 1 is 1.15 bits per heavy atom. The molecule has 134 valence electrons. The Labute approximate surface area is 151 Å². The maximum atomic E-state index is 13.1. The van der Waals surface area contributed by atoms with Crippen molar-refractivity contribution in [3.63, 3.8) is 0 Å². The second-order valence-corrected chi connectivity index (χ2v) is 5.92. The molecule has 2 aromatic carbocycles. The third kappa shape index (κ3) is 4.08. The number of rotatable bonds is 6. The molecule has 26 heavy (non-hydrogen) atoms. The molecule has 0 atom stereocenters. The van der Waals surface area contributed by atoms with Crippen LogP contribution in [0.25, 0.3) is 5.69 Å². The van der Waals surface area contributed by atoms with Crippen LogP contribution in [0.15, 0.2) is 54.6 Å². The maximum Gasteiger partial charge on any atom is 0.258 e. The van der Waals surface area contributed by atoms with Crippen molar-refractivity contribution in [1.82, 2.24) is 15.1 Å². The monoisotopic (exact) mass is 353 g/mol. The second kappa shape index (κ2) is 7.82. The highest BCUT2D eigenvalue weighted by atomic mass is 19.1. The van der Waals surface area contributed by atoms with Crippen molar-refractivity contribution < 1.29 is 13.9 Å². The van der Waals surface area contributed by atoms with Crippen molar-refractivity contribution in [1.29, 1.82) is 0 Å². The van der Waals surface area contributed by atoms with Crippen molar-refractivity contribution in [3.05, 3.63) is 77.4 Å². The molecule has 0 saturated carbocycles. The second-order valence-electron chi connectivity index (χ2n) is 5.92. The number of halogens is 1. The molecule has 0 radical (unpaired) electrons. The van der Waals surface area contributed by atoms with Gasteiger partial charge in [0, 0.05) is 23.9 Å². The van der Waals surface area contributed by atoms with Gasteiger partial charge in [-0.15, -0.1) is 0 Å². The maximum absolute atomic E-state index is 13.1. The van der Waals surface area contributed by atoms with Gasteiger partial charge in [-0.3, -0.25) is 4.79 Å². The molecule has 1 N–H and O–H groups in total. The van der Waals surface area contributed by atoms with Gasteiger partial charge in [-0.1, -0.05) is 24.3 Å². The number of hydrogen-bond donors (Lipinski definition) is 1. The van der Waals surface area contributed by atoms with Crippen LogP contribution in [0.2, 0.25) is 0 Å². The van der Waals surface area contributed by atoms with Gasteiger partial charge in [-0.25, -0.2) is 9.07 Å². The van der Waals surface area contributed by atoms with Crippen LogP contribution in [0, 0.1) is 19.7 Å². The van der Waals surface area contributed by atoms with Crippen molar-refractivity contribution in [3.8, 4) is 11.4 Å². The average molecular weight is 353 g/mol. The fraction of sp³-hybridized carbons (Fsp3) is 0.200. The molecule has 3 aromatic rings. The number of carbonyl (C=O) groups excluding carboxylic acids is 1. The van der Waals surface area contributed by atoms with E-state index in [1.54, 1.807) is 6.07 Å². The van der Waals surface area contributed by atoms with E-state index in [4.69, 9.17) is 4.74 Å². The number of benzene rings is 2. The Bertz CT molecular complexity index is 907. The average Bonchev–Trinajstić information content (AvgIpc) is 2.93. The van der Waals surface area contributed by atoms with Crippen LogP contribution < -0.4 is 10.1 Å². The van der Waals surface area contributed by atoms with Crippen LogP contribution in [0.5, 0.6) is 5.75 Å². The van der Waals surface area contributed by atoms with Crippen LogP contribution in [0.1, 0.15) is 17.0 Å². The van der Waals surface area contributed by atoms with E-state index in [0.717, 1.165) is 22.6 Å². The summed E-state index contributed by atoms with van der Waals surface area (Å²) in [4.78, 5) is 12.0. The van der Waals surface area contributed by atoms with Gasteiger partial charge in [0.25, 0.3) is 5.91 Å². The van der Waals surface area contributed by atoms with Crippen molar-refractivity contribution in [2.75, 3.05) is 6.61 Å². The van der Waals surface area contributed by atoms with Crippen molar-refractivity contribution in [2.24, 2.45) is 0 Å². The molecule has 0 saturated heterocycles. The number of nitrogens with one attached hydrogen (secondary N) is 1. The lowest BCUT2D eigenvalue weighted by Crippen LogP contribution is -2.28. The molecule has 0 unspecified atom stereocenters. The Morgan fingerprint density at radius 2 is 1.92 bits per heavy atom. The van der Waals surface area contributed by atoms with Gasteiger partial charge in [0.2, 0.25) is 0 Å². The highest BCUT2D eigenvalue weighted by Crippen LogP contribution is 2.17. The zero-order chi connectivity index (χ0) is 18.5. The summed E-state index contributed by atoms with van der Waals surface area (Å²) in [6.45, 7) is 4.07. The third-order valence-corrected chi connectivity index (χ3v) is 4.07. The predicted molar refractivity (Wildman–Crippen MR) is 96.8 cm³/mol. The van der Waals surface area contributed by atoms with Gasteiger partial charge in [0.15, 0.2) is 6.61 Å². The summed E-state index contributed by atoms with van der Waals surface area (Å²) >= 11 is 0. The van der Waals surface area contributed by atoms with Gasteiger partial charge >= 0.3 is 0 Å². The molecular weight excluding hydrogens is 333 g/mol. The number of nitrogens with zero attached hydrogens (tertiary/aromatic N) is 2. The van der Waals surface area contributed by atoms with E-state index in [1.165, 1.54) is 18.2 Å². The third-order valence-electron chi connectivity index (χ3n) is 4.07. The fourth-order valence-electron chi connectivity index (χ4n) is 2.70. The summed E-state index contributed by atoms with van der Waals surface area (Å²) in [6, 6.07) is 15.5. The lowest BCUT2D eigenvalue weighted by atomic mass is 10.2. The summed E-state index contributed by atoms with van der Waals surface area (Å²) in [7, 11) is 0. The van der Waals surface area contributed by atoms with E-state index in [2.05, 4.69) is 10.4 Å². The van der Waals surface area contributed by atoms with Crippen LogP contribution in [-0.4, -0.2) is 22.3 Å². The van der Waals surface area contributed by atoms with Crippen molar-refractivity contribution in [2.45, 2.75) is 20.4 Å². The molecule has 0 aliphatic heterocycles. The number of carbonyl (C=O) groups is 1. The van der Waals surface area contributed by atoms with Gasteiger partial charge in [0.05, 0.1) is 11.4 Å². The Balaban J connectivity index is 1.61. The lowest BCUT2D eigenvalue weighted by Gasteiger charge is -2.08. The number of ether oxygens (including phenoxy) is 1. The molecule has 0 spiro atoms. The van der Waals surface area contributed by atoms with E-state index in [1.807, 2.05) is 48.9 Å². The normalized spacial score (nSPS) is 10.6. The molecule has 5 nitrogen and oxygen atoms in total. The molecule has 3 rings (SSSR count). The molecule has 1 amide bonds. The lowest BCUT2D eigenvalue weighted by molar-refractivity contribution is -0.123. The van der Waals surface area contributed by atoms with Gasteiger partial charge < -0.3 is 10.1 Å². The molecule has 0 aliphatic rings. The zero-order valence-corrected chi connectivity index (χ0v) is 14.7. The summed E-state index contributed by atoms with van der Waals surface area (Å²) in [5.74, 6) is -0.354. The quantitative estimate of drug-likeness (QED) is 0.740.